The molecular formula is C25H38N2O3. The Balaban J connectivity index is 1.63. The van der Waals surface area contributed by atoms with Crippen LogP contribution in [0, 0.1) is 18.8 Å². The van der Waals surface area contributed by atoms with E-state index < -0.39 is 0 Å². The highest BCUT2D eigenvalue weighted by Crippen LogP contribution is 2.52. The molecule has 166 valence electrons. The van der Waals surface area contributed by atoms with Gasteiger partial charge in [0.15, 0.2) is 0 Å². The van der Waals surface area contributed by atoms with E-state index in [-0.39, 0.29) is 24.0 Å². The van der Waals surface area contributed by atoms with E-state index in [2.05, 4.69) is 49.2 Å². The normalized spacial score (nSPS) is 31.1. The first kappa shape index (κ1) is 21.8. The molecule has 1 unspecified atom stereocenters. The van der Waals surface area contributed by atoms with Gasteiger partial charge < -0.3 is 9.47 Å². The Hall–Kier alpha value is -1.43. The number of carbonyl (C=O) groups excluding carboxylic acids is 1. The maximum absolute atomic E-state index is 12.3. The van der Waals surface area contributed by atoms with Crippen LogP contribution in [0.15, 0.2) is 18.2 Å². The highest BCUT2D eigenvalue weighted by Gasteiger charge is 2.51. The molecule has 1 N–H and O–H groups in total. The molecule has 0 aromatic heterocycles. The minimum absolute atomic E-state index is 0.149. The monoisotopic (exact) mass is 414 g/mol. The van der Waals surface area contributed by atoms with E-state index in [4.69, 9.17) is 9.47 Å². The smallest absolute Gasteiger partial charge is 0.320 e. The number of hydrogen-bond acceptors (Lipinski definition) is 5. The van der Waals surface area contributed by atoms with Crippen LogP contribution in [0.1, 0.15) is 62.3 Å². The van der Waals surface area contributed by atoms with Crippen molar-refractivity contribution in [2.24, 2.45) is 11.8 Å². The zero-order valence-electron chi connectivity index (χ0n) is 19.1. The van der Waals surface area contributed by atoms with Crippen LogP contribution in [-0.4, -0.2) is 56.9 Å². The Morgan fingerprint density at radius 2 is 2.10 bits per heavy atom. The second kappa shape index (κ2) is 8.97. The van der Waals surface area contributed by atoms with Crippen molar-refractivity contribution in [3.8, 4) is 0 Å². The number of aryl methyl sites for hydroxylation is 1. The maximum Gasteiger partial charge on any atom is 0.320 e. The van der Waals surface area contributed by atoms with Crippen molar-refractivity contribution in [3.63, 3.8) is 0 Å². The van der Waals surface area contributed by atoms with Crippen molar-refractivity contribution in [3.05, 3.63) is 34.9 Å². The predicted molar refractivity (Wildman–Crippen MR) is 119 cm³/mol. The number of methoxy groups -OCH3 is 1. The molecule has 0 spiro atoms. The largest absolute Gasteiger partial charge is 0.462 e. The van der Waals surface area contributed by atoms with E-state index in [1.54, 1.807) is 7.11 Å². The summed E-state index contributed by atoms with van der Waals surface area (Å²) in [6.07, 6.45) is 5.21. The van der Waals surface area contributed by atoms with Gasteiger partial charge in [-0.3, -0.25) is 15.0 Å². The molecule has 1 saturated carbocycles. The molecule has 2 fully saturated rings. The zero-order valence-corrected chi connectivity index (χ0v) is 19.1. The average molecular weight is 415 g/mol. The van der Waals surface area contributed by atoms with Crippen molar-refractivity contribution < 1.29 is 14.3 Å². The number of esters is 1. The summed E-state index contributed by atoms with van der Waals surface area (Å²) in [4.78, 5) is 15.1. The molecule has 4 rings (SSSR count). The third-order valence-corrected chi connectivity index (χ3v) is 7.79. The number of nitrogens with zero attached hydrogens (tertiary/aromatic N) is 1. The summed E-state index contributed by atoms with van der Waals surface area (Å²) >= 11 is 0. The fraction of sp³-hybridized carbons (Fsp3) is 0.720. The van der Waals surface area contributed by atoms with Crippen LogP contribution in [0.25, 0.3) is 0 Å². The van der Waals surface area contributed by atoms with Crippen molar-refractivity contribution in [1.29, 1.82) is 0 Å². The Labute approximate surface area is 181 Å². The van der Waals surface area contributed by atoms with Gasteiger partial charge in [0.25, 0.3) is 0 Å². The molecule has 2 bridgehead atoms. The quantitative estimate of drug-likeness (QED) is 0.520. The second-order valence-corrected chi connectivity index (χ2v) is 9.90. The van der Waals surface area contributed by atoms with Gasteiger partial charge in [-0.15, -0.1) is 0 Å². The molecule has 3 aliphatic rings. The average Bonchev–Trinajstić information content (AvgIpc) is 3.54. The third-order valence-electron chi connectivity index (χ3n) is 7.79. The van der Waals surface area contributed by atoms with E-state index in [1.165, 1.54) is 48.9 Å². The second-order valence-electron chi connectivity index (χ2n) is 9.90. The topological polar surface area (TPSA) is 50.8 Å². The van der Waals surface area contributed by atoms with Crippen LogP contribution in [-0.2, 0) is 19.7 Å². The van der Waals surface area contributed by atoms with Gasteiger partial charge in [0.1, 0.15) is 6.61 Å². The Morgan fingerprint density at radius 3 is 2.83 bits per heavy atom. The molecule has 2 aliphatic carbocycles. The molecule has 1 aliphatic heterocycles. The number of benzene rings is 1. The molecule has 5 heteroatoms. The maximum atomic E-state index is 12.3. The third kappa shape index (κ3) is 4.30. The summed E-state index contributed by atoms with van der Waals surface area (Å²) in [6, 6.07) is 7.47. The number of hydrogen-bond donors (Lipinski definition) is 1. The Bertz CT molecular complexity index is 763. The number of fused-ring (bicyclic) bond motifs is 4. The molecule has 30 heavy (non-hydrogen) atoms. The summed E-state index contributed by atoms with van der Waals surface area (Å²) in [5, 5.41) is 3.62. The van der Waals surface area contributed by atoms with Gasteiger partial charge in [-0.2, -0.15) is 0 Å². The van der Waals surface area contributed by atoms with Crippen LogP contribution in [0.5, 0.6) is 0 Å². The first-order chi connectivity index (χ1) is 14.4. The van der Waals surface area contributed by atoms with Gasteiger partial charge in [0, 0.05) is 25.7 Å². The standard InChI is InChI=1S/C25H38N2O3/c1-17-6-9-20-21(14-17)25(3)10-5-11-27(16-19-7-8-19)24(18(25)2)23(20)26-15-22(28)30-13-12-29-4/h6,9,14,18-19,23-24,26H,5,7-8,10-13,15-16H2,1-4H3/t18-,23?,24-,25+/m0/s1. The van der Waals surface area contributed by atoms with Gasteiger partial charge >= 0.3 is 5.97 Å². The molecule has 1 saturated heterocycles. The highest BCUT2D eigenvalue weighted by molar-refractivity contribution is 5.71. The lowest BCUT2D eigenvalue weighted by Crippen LogP contribution is -2.56. The summed E-state index contributed by atoms with van der Waals surface area (Å²) in [6.45, 7) is 10.4. The number of rotatable bonds is 8. The number of likely N-dealkylation sites (tertiary alicyclic amines) is 1. The molecular weight excluding hydrogens is 376 g/mol. The van der Waals surface area contributed by atoms with Crippen molar-refractivity contribution in [1.82, 2.24) is 10.2 Å². The van der Waals surface area contributed by atoms with Gasteiger partial charge in [-0.25, -0.2) is 0 Å². The minimum atomic E-state index is -0.205. The number of carbonyl (C=O) groups is 1. The van der Waals surface area contributed by atoms with Gasteiger partial charge in [-0.1, -0.05) is 37.6 Å². The first-order valence-corrected chi connectivity index (χ1v) is 11.7. The minimum Gasteiger partial charge on any atom is -0.462 e. The predicted octanol–water partition coefficient (Wildman–Crippen LogP) is 3.60. The van der Waals surface area contributed by atoms with Crippen molar-refractivity contribution in [2.45, 2.75) is 64.0 Å². The lowest BCUT2D eigenvalue weighted by Gasteiger charge is -2.51. The lowest BCUT2D eigenvalue weighted by atomic mass is 9.60. The van der Waals surface area contributed by atoms with Crippen molar-refractivity contribution >= 4 is 5.97 Å². The van der Waals surface area contributed by atoms with E-state index in [1.807, 2.05) is 0 Å². The first-order valence-electron chi connectivity index (χ1n) is 11.7. The number of nitrogens with one attached hydrogen (secondary N) is 1. The fourth-order valence-corrected chi connectivity index (χ4v) is 5.78. The fourth-order valence-electron chi connectivity index (χ4n) is 5.78. The molecule has 0 radical (unpaired) electrons. The van der Waals surface area contributed by atoms with Crippen LogP contribution >= 0.6 is 0 Å². The van der Waals surface area contributed by atoms with Crippen LogP contribution in [0.2, 0.25) is 0 Å². The van der Waals surface area contributed by atoms with Crippen LogP contribution in [0.4, 0.5) is 0 Å². The van der Waals surface area contributed by atoms with Gasteiger partial charge in [0.05, 0.1) is 13.2 Å². The van der Waals surface area contributed by atoms with Crippen molar-refractivity contribution in [2.75, 3.05) is 40.0 Å². The van der Waals surface area contributed by atoms with Crippen LogP contribution < -0.4 is 5.32 Å². The summed E-state index contributed by atoms with van der Waals surface area (Å²) in [7, 11) is 1.62. The highest BCUT2D eigenvalue weighted by atomic mass is 16.6. The Morgan fingerprint density at radius 1 is 1.30 bits per heavy atom. The SMILES string of the molecule is COCCOC(=O)CNC1c2ccc(C)cc2[C@]2(C)CCCN(CC3CC3)[C@H]1[C@@H]2C. The van der Waals surface area contributed by atoms with Crippen LogP contribution in [0.3, 0.4) is 0 Å². The van der Waals surface area contributed by atoms with E-state index in [0.717, 1.165) is 12.5 Å². The summed E-state index contributed by atoms with van der Waals surface area (Å²) in [5.41, 5.74) is 4.35. The van der Waals surface area contributed by atoms with E-state index in [0.29, 0.717) is 25.2 Å². The number of ether oxygens (including phenoxy) is 2. The molecule has 1 heterocycles. The molecule has 1 aromatic rings. The Kier molecular flexibility index (Phi) is 6.52. The molecule has 4 atom stereocenters. The zero-order chi connectivity index (χ0) is 21.3. The summed E-state index contributed by atoms with van der Waals surface area (Å²) < 4.78 is 10.3. The molecule has 0 amide bonds. The molecule has 1 aromatic carbocycles. The van der Waals surface area contributed by atoms with E-state index in [9.17, 15) is 4.79 Å². The molecule has 5 nitrogen and oxygen atoms in total. The lowest BCUT2D eigenvalue weighted by molar-refractivity contribution is -0.144. The van der Waals surface area contributed by atoms with E-state index >= 15 is 0 Å². The van der Waals surface area contributed by atoms with Gasteiger partial charge in [-0.05, 0) is 67.5 Å². The van der Waals surface area contributed by atoms with Gasteiger partial charge in [0.2, 0.25) is 0 Å². The summed E-state index contributed by atoms with van der Waals surface area (Å²) in [5.74, 6) is 1.18.